The molecule has 0 bridgehead atoms. The monoisotopic (exact) mass is 262 g/mol. The maximum Gasteiger partial charge on any atom is 0.257 e. The van der Waals surface area contributed by atoms with Crippen LogP contribution in [0.3, 0.4) is 0 Å². The topological polar surface area (TPSA) is 59.6 Å². The molecule has 0 aliphatic carbocycles. The minimum atomic E-state index is -0.0676. The number of carbonyl (C=O) groups excluding carboxylic acids is 1. The quantitative estimate of drug-likeness (QED) is 0.851. The molecule has 3 rings (SSSR count). The Balaban J connectivity index is 1.83. The third-order valence-electron chi connectivity index (χ3n) is 3.61. The lowest BCUT2D eigenvalue weighted by molar-refractivity contribution is 0.0883. The summed E-state index contributed by atoms with van der Waals surface area (Å²) in [6.07, 6.45) is 2.02. The Kier molecular flexibility index (Phi) is 3.29. The summed E-state index contributed by atoms with van der Waals surface area (Å²) in [5.74, 6) is 0.589. The summed E-state index contributed by atoms with van der Waals surface area (Å²) in [6, 6.07) is 4.24. The number of ether oxygens (including phenoxy) is 2. The maximum atomic E-state index is 11.7. The van der Waals surface area contributed by atoms with Crippen LogP contribution in [0.4, 0.5) is 5.69 Å². The molecule has 5 nitrogen and oxygen atoms in total. The van der Waals surface area contributed by atoms with E-state index in [4.69, 9.17) is 9.47 Å². The van der Waals surface area contributed by atoms with Gasteiger partial charge < -0.3 is 20.1 Å². The van der Waals surface area contributed by atoms with Gasteiger partial charge in [0.15, 0.2) is 6.73 Å². The van der Waals surface area contributed by atoms with Crippen LogP contribution in [0.25, 0.3) is 0 Å². The first kappa shape index (κ1) is 12.3. The van der Waals surface area contributed by atoms with Crippen molar-refractivity contribution in [2.75, 3.05) is 25.3 Å². The van der Waals surface area contributed by atoms with Crippen LogP contribution in [0.1, 0.15) is 28.8 Å². The zero-order chi connectivity index (χ0) is 13.2. The van der Waals surface area contributed by atoms with E-state index < -0.39 is 0 Å². The predicted octanol–water partition coefficient (Wildman–Crippen LogP) is 1.67. The number of anilines is 1. The summed E-state index contributed by atoms with van der Waals surface area (Å²) in [6.45, 7) is 3.86. The Morgan fingerprint density at radius 1 is 1.32 bits per heavy atom. The third-order valence-corrected chi connectivity index (χ3v) is 3.61. The van der Waals surface area contributed by atoms with Crippen molar-refractivity contribution >= 4 is 11.6 Å². The largest absolute Gasteiger partial charge is 0.472 e. The Hall–Kier alpha value is -1.75. The number of amides is 1. The smallest absolute Gasteiger partial charge is 0.257 e. The fraction of sp³-hybridized carbons (Fsp3) is 0.500. The zero-order valence-corrected chi connectivity index (χ0v) is 11.0. The number of fused-ring (bicyclic) bond motifs is 1. The first-order valence-corrected chi connectivity index (χ1v) is 6.64. The normalized spacial score (nSPS) is 19.3. The predicted molar refractivity (Wildman–Crippen MR) is 71.6 cm³/mol. The molecule has 1 aromatic carbocycles. The molecule has 102 valence electrons. The van der Waals surface area contributed by atoms with Gasteiger partial charge in [-0.2, -0.15) is 0 Å². The van der Waals surface area contributed by atoms with Crippen molar-refractivity contribution in [2.24, 2.45) is 0 Å². The molecular weight excluding hydrogens is 244 g/mol. The molecule has 0 radical (unpaired) electrons. The highest BCUT2D eigenvalue weighted by Crippen LogP contribution is 2.30. The lowest BCUT2D eigenvalue weighted by Crippen LogP contribution is -2.33. The van der Waals surface area contributed by atoms with Crippen LogP contribution in [0.15, 0.2) is 12.1 Å². The molecule has 0 saturated carbocycles. The van der Waals surface area contributed by atoms with Crippen molar-refractivity contribution < 1.29 is 14.3 Å². The van der Waals surface area contributed by atoms with Gasteiger partial charge in [0.05, 0.1) is 5.56 Å². The fourth-order valence-electron chi connectivity index (χ4n) is 2.48. The van der Waals surface area contributed by atoms with Gasteiger partial charge >= 0.3 is 0 Å². The molecule has 5 heteroatoms. The summed E-state index contributed by atoms with van der Waals surface area (Å²) in [4.78, 5) is 11.7. The van der Waals surface area contributed by atoms with Gasteiger partial charge in [0.25, 0.3) is 5.91 Å². The van der Waals surface area contributed by atoms with Crippen LogP contribution in [-0.2, 0) is 4.74 Å². The molecule has 2 N–H and O–H groups in total. The lowest BCUT2D eigenvalue weighted by Gasteiger charge is -2.26. The SMILES string of the molecule is Cc1cc2c(cc1NC1CCOCC1)OCNC2=O. The van der Waals surface area contributed by atoms with Crippen molar-refractivity contribution in [3.63, 3.8) is 0 Å². The van der Waals surface area contributed by atoms with E-state index in [9.17, 15) is 4.79 Å². The molecule has 0 atom stereocenters. The average molecular weight is 262 g/mol. The van der Waals surface area contributed by atoms with E-state index >= 15 is 0 Å². The lowest BCUT2D eigenvalue weighted by atomic mass is 10.0. The van der Waals surface area contributed by atoms with Gasteiger partial charge in [0.1, 0.15) is 5.75 Å². The Morgan fingerprint density at radius 2 is 2.11 bits per heavy atom. The Morgan fingerprint density at radius 3 is 2.89 bits per heavy atom. The van der Waals surface area contributed by atoms with Crippen LogP contribution >= 0.6 is 0 Å². The molecule has 1 fully saturated rings. The van der Waals surface area contributed by atoms with Crippen molar-refractivity contribution in [3.8, 4) is 5.75 Å². The molecule has 2 aliphatic rings. The Bertz CT molecular complexity index is 496. The minimum absolute atomic E-state index is 0.0676. The minimum Gasteiger partial charge on any atom is -0.472 e. The second-order valence-electron chi connectivity index (χ2n) is 4.99. The van der Waals surface area contributed by atoms with E-state index in [1.54, 1.807) is 0 Å². The standard InChI is InChI=1S/C14H18N2O3/c1-9-6-11-13(19-8-15-14(11)17)7-12(9)16-10-2-4-18-5-3-10/h6-7,10,16H,2-5,8H2,1H3,(H,15,17). The van der Waals surface area contributed by atoms with Crippen molar-refractivity contribution in [2.45, 2.75) is 25.8 Å². The molecule has 0 spiro atoms. The van der Waals surface area contributed by atoms with E-state index in [2.05, 4.69) is 10.6 Å². The highest BCUT2D eigenvalue weighted by molar-refractivity contribution is 5.98. The van der Waals surface area contributed by atoms with Crippen LogP contribution in [0, 0.1) is 6.92 Å². The maximum absolute atomic E-state index is 11.7. The number of hydrogen-bond donors (Lipinski definition) is 2. The second-order valence-corrected chi connectivity index (χ2v) is 4.99. The average Bonchev–Trinajstić information content (AvgIpc) is 2.42. The zero-order valence-electron chi connectivity index (χ0n) is 11.0. The van der Waals surface area contributed by atoms with Gasteiger partial charge in [-0.3, -0.25) is 4.79 Å². The highest BCUT2D eigenvalue weighted by atomic mass is 16.5. The van der Waals surface area contributed by atoms with Gasteiger partial charge in [0.2, 0.25) is 0 Å². The van der Waals surface area contributed by atoms with Crippen LogP contribution < -0.4 is 15.4 Å². The van der Waals surface area contributed by atoms with E-state index in [0.717, 1.165) is 37.3 Å². The number of benzene rings is 1. The summed E-state index contributed by atoms with van der Waals surface area (Å²) < 4.78 is 10.8. The molecule has 1 amide bonds. The van der Waals surface area contributed by atoms with Crippen LogP contribution in [0.2, 0.25) is 0 Å². The number of hydrogen-bond acceptors (Lipinski definition) is 4. The van der Waals surface area contributed by atoms with E-state index in [1.165, 1.54) is 0 Å². The molecular formula is C14H18N2O3. The van der Waals surface area contributed by atoms with Crippen molar-refractivity contribution in [3.05, 3.63) is 23.3 Å². The molecule has 1 saturated heterocycles. The summed E-state index contributed by atoms with van der Waals surface area (Å²) in [7, 11) is 0. The molecule has 0 unspecified atom stereocenters. The molecule has 1 aromatic rings. The molecule has 19 heavy (non-hydrogen) atoms. The van der Waals surface area contributed by atoms with E-state index in [0.29, 0.717) is 17.4 Å². The van der Waals surface area contributed by atoms with Crippen molar-refractivity contribution in [1.82, 2.24) is 5.32 Å². The van der Waals surface area contributed by atoms with Crippen molar-refractivity contribution in [1.29, 1.82) is 0 Å². The number of aryl methyl sites for hydroxylation is 1. The molecule has 0 aromatic heterocycles. The first-order chi connectivity index (χ1) is 9.24. The van der Waals surface area contributed by atoms with Crippen LogP contribution in [-0.4, -0.2) is 31.9 Å². The van der Waals surface area contributed by atoms with Crippen LogP contribution in [0.5, 0.6) is 5.75 Å². The number of carbonyl (C=O) groups is 1. The molecule has 2 heterocycles. The molecule has 2 aliphatic heterocycles. The fourth-order valence-corrected chi connectivity index (χ4v) is 2.48. The summed E-state index contributed by atoms with van der Waals surface area (Å²) in [5.41, 5.74) is 2.72. The van der Waals surface area contributed by atoms with Gasteiger partial charge in [-0.25, -0.2) is 0 Å². The summed E-state index contributed by atoms with van der Waals surface area (Å²) in [5, 5.41) is 6.19. The van der Waals surface area contributed by atoms with Gasteiger partial charge in [-0.1, -0.05) is 0 Å². The van der Waals surface area contributed by atoms with Gasteiger partial charge in [-0.15, -0.1) is 0 Å². The van der Waals surface area contributed by atoms with E-state index in [-0.39, 0.29) is 12.6 Å². The van der Waals surface area contributed by atoms with Gasteiger partial charge in [0, 0.05) is 31.0 Å². The first-order valence-electron chi connectivity index (χ1n) is 6.64. The number of rotatable bonds is 2. The van der Waals surface area contributed by atoms with E-state index in [1.807, 2.05) is 19.1 Å². The van der Waals surface area contributed by atoms with Gasteiger partial charge in [-0.05, 0) is 31.4 Å². The summed E-state index contributed by atoms with van der Waals surface area (Å²) >= 11 is 0. The second kappa shape index (κ2) is 5.09. The highest BCUT2D eigenvalue weighted by Gasteiger charge is 2.21. The third kappa shape index (κ3) is 2.51. The Labute approximate surface area is 112 Å². The number of nitrogens with one attached hydrogen (secondary N) is 2.